The van der Waals surface area contributed by atoms with E-state index in [4.69, 9.17) is 0 Å². The van der Waals surface area contributed by atoms with Crippen LogP contribution < -0.4 is 0 Å². The summed E-state index contributed by atoms with van der Waals surface area (Å²) in [5.74, 6) is 0.128. The van der Waals surface area contributed by atoms with Crippen LogP contribution >= 0.6 is 0 Å². The van der Waals surface area contributed by atoms with Crippen LogP contribution in [0.4, 0.5) is 0 Å². The summed E-state index contributed by atoms with van der Waals surface area (Å²) < 4.78 is 0. The van der Waals surface area contributed by atoms with Crippen molar-refractivity contribution in [3.8, 4) is 0 Å². The maximum Gasteiger partial charge on any atom is 0.321 e. The molecule has 1 saturated heterocycles. The Labute approximate surface area is 109 Å². The van der Waals surface area contributed by atoms with Gasteiger partial charge >= 0.3 is 5.97 Å². The summed E-state index contributed by atoms with van der Waals surface area (Å²) in [6.45, 7) is 5.29. The molecule has 0 amide bonds. The van der Waals surface area contributed by atoms with E-state index >= 15 is 0 Å². The molecule has 18 heavy (non-hydrogen) atoms. The Hall–Kier alpha value is -0.610. The zero-order valence-corrected chi connectivity index (χ0v) is 11.4. The summed E-state index contributed by atoms with van der Waals surface area (Å²) in [5, 5.41) is 19.9. The summed E-state index contributed by atoms with van der Waals surface area (Å²) in [6.07, 6.45) is 4.72. The molecule has 0 radical (unpaired) electrons. The van der Waals surface area contributed by atoms with Gasteiger partial charge in [-0.2, -0.15) is 0 Å². The van der Waals surface area contributed by atoms with Crippen molar-refractivity contribution in [2.45, 2.75) is 57.6 Å². The van der Waals surface area contributed by atoms with Crippen LogP contribution in [0.1, 0.15) is 46.0 Å². The van der Waals surface area contributed by atoms with E-state index in [2.05, 4.69) is 0 Å². The third kappa shape index (κ3) is 2.41. The van der Waals surface area contributed by atoms with E-state index in [0.717, 1.165) is 19.4 Å². The standard InChI is InChI=1S/C14H25NO3/c1-3-14(18,4-2)9-15-8-10-6-5-7-11(10)12(15)13(16)17/h10-12,18H,3-9H2,1-2H3,(H,16,17). The van der Waals surface area contributed by atoms with Crippen molar-refractivity contribution < 1.29 is 15.0 Å². The summed E-state index contributed by atoms with van der Waals surface area (Å²) in [7, 11) is 0. The van der Waals surface area contributed by atoms with Crippen molar-refractivity contribution in [1.29, 1.82) is 0 Å². The number of carbonyl (C=O) groups is 1. The van der Waals surface area contributed by atoms with E-state index in [1.165, 1.54) is 6.42 Å². The molecule has 1 heterocycles. The number of hydrogen-bond donors (Lipinski definition) is 2. The first-order valence-electron chi connectivity index (χ1n) is 7.20. The third-order valence-electron chi connectivity index (χ3n) is 5.05. The van der Waals surface area contributed by atoms with Gasteiger partial charge in [0.1, 0.15) is 6.04 Å². The lowest BCUT2D eigenvalue weighted by Crippen LogP contribution is -2.48. The number of nitrogens with zero attached hydrogens (tertiary/aromatic N) is 1. The zero-order chi connectivity index (χ0) is 13.3. The van der Waals surface area contributed by atoms with Gasteiger partial charge in [0.25, 0.3) is 0 Å². The van der Waals surface area contributed by atoms with Crippen molar-refractivity contribution in [3.63, 3.8) is 0 Å². The van der Waals surface area contributed by atoms with Gasteiger partial charge in [-0.15, -0.1) is 0 Å². The number of fused-ring (bicyclic) bond motifs is 1. The second-order valence-corrected chi connectivity index (χ2v) is 6.00. The highest BCUT2D eigenvalue weighted by molar-refractivity contribution is 5.74. The molecule has 2 rings (SSSR count). The normalized spacial score (nSPS) is 32.7. The Morgan fingerprint density at radius 1 is 1.33 bits per heavy atom. The molecular weight excluding hydrogens is 230 g/mol. The first-order valence-corrected chi connectivity index (χ1v) is 7.20. The van der Waals surface area contributed by atoms with Crippen molar-refractivity contribution in [1.82, 2.24) is 4.90 Å². The van der Waals surface area contributed by atoms with Gasteiger partial charge in [-0.05, 0) is 37.5 Å². The van der Waals surface area contributed by atoms with Gasteiger partial charge < -0.3 is 10.2 Å². The molecule has 1 saturated carbocycles. The molecule has 0 aromatic carbocycles. The first kappa shape index (κ1) is 13.8. The van der Waals surface area contributed by atoms with Crippen LogP contribution in [-0.2, 0) is 4.79 Å². The Morgan fingerprint density at radius 3 is 2.56 bits per heavy atom. The minimum atomic E-state index is -0.730. The molecule has 0 spiro atoms. The van der Waals surface area contributed by atoms with Crippen LogP contribution in [0.3, 0.4) is 0 Å². The fourth-order valence-electron chi connectivity index (χ4n) is 3.75. The van der Waals surface area contributed by atoms with Gasteiger partial charge in [-0.1, -0.05) is 20.3 Å². The maximum atomic E-state index is 11.5. The van der Waals surface area contributed by atoms with Crippen molar-refractivity contribution in [2.75, 3.05) is 13.1 Å². The second kappa shape index (κ2) is 5.17. The largest absolute Gasteiger partial charge is 0.480 e. The van der Waals surface area contributed by atoms with E-state index in [0.29, 0.717) is 31.2 Å². The van der Waals surface area contributed by atoms with Crippen LogP contribution in [0.15, 0.2) is 0 Å². The van der Waals surface area contributed by atoms with Gasteiger partial charge in [0, 0.05) is 13.1 Å². The van der Waals surface area contributed by atoms with Crippen LogP contribution in [0.2, 0.25) is 0 Å². The summed E-state index contributed by atoms with van der Waals surface area (Å²) in [6, 6.07) is -0.373. The molecule has 2 fully saturated rings. The monoisotopic (exact) mass is 255 g/mol. The molecule has 0 aromatic heterocycles. The van der Waals surface area contributed by atoms with Crippen molar-refractivity contribution in [2.24, 2.45) is 11.8 Å². The van der Waals surface area contributed by atoms with Gasteiger partial charge in [-0.3, -0.25) is 9.69 Å². The number of aliphatic hydroxyl groups is 1. The topological polar surface area (TPSA) is 60.8 Å². The van der Waals surface area contributed by atoms with Gasteiger partial charge in [0.2, 0.25) is 0 Å². The number of carboxylic acid groups (broad SMARTS) is 1. The molecule has 1 aliphatic carbocycles. The Bertz CT molecular complexity index is 314. The number of carboxylic acids is 1. The van der Waals surface area contributed by atoms with Gasteiger partial charge in [0.15, 0.2) is 0 Å². The predicted molar refractivity (Wildman–Crippen MR) is 69.4 cm³/mol. The fourth-order valence-corrected chi connectivity index (χ4v) is 3.75. The van der Waals surface area contributed by atoms with Gasteiger partial charge in [-0.25, -0.2) is 0 Å². The minimum Gasteiger partial charge on any atom is -0.480 e. The molecule has 104 valence electrons. The lowest BCUT2D eigenvalue weighted by atomic mass is 9.93. The van der Waals surface area contributed by atoms with Crippen LogP contribution in [-0.4, -0.2) is 45.8 Å². The average Bonchev–Trinajstić information content (AvgIpc) is 2.88. The van der Waals surface area contributed by atoms with E-state index < -0.39 is 11.6 Å². The molecule has 3 atom stereocenters. The number of β-amino-alcohol motifs (C(OH)–C–C–N with tert-alkyl or cyclic N) is 1. The van der Waals surface area contributed by atoms with Crippen LogP contribution in [0, 0.1) is 11.8 Å². The van der Waals surface area contributed by atoms with Gasteiger partial charge in [0.05, 0.1) is 5.60 Å². The summed E-state index contributed by atoms with van der Waals surface area (Å²) >= 11 is 0. The minimum absolute atomic E-state index is 0.306. The molecule has 3 unspecified atom stereocenters. The summed E-state index contributed by atoms with van der Waals surface area (Å²) in [5.41, 5.74) is -0.730. The van der Waals surface area contributed by atoms with Crippen molar-refractivity contribution >= 4 is 5.97 Å². The summed E-state index contributed by atoms with van der Waals surface area (Å²) in [4.78, 5) is 13.5. The number of likely N-dealkylation sites (tertiary alicyclic amines) is 1. The van der Waals surface area contributed by atoms with E-state index in [-0.39, 0.29) is 6.04 Å². The van der Waals surface area contributed by atoms with Crippen molar-refractivity contribution in [3.05, 3.63) is 0 Å². The molecule has 2 aliphatic rings. The average molecular weight is 255 g/mol. The molecule has 4 nitrogen and oxygen atoms in total. The molecule has 2 N–H and O–H groups in total. The predicted octanol–water partition coefficient (Wildman–Crippen LogP) is 1.72. The number of hydrogen-bond acceptors (Lipinski definition) is 3. The Kier molecular flexibility index (Phi) is 3.97. The van der Waals surface area contributed by atoms with E-state index in [9.17, 15) is 15.0 Å². The molecular formula is C14H25NO3. The van der Waals surface area contributed by atoms with Crippen LogP contribution in [0.5, 0.6) is 0 Å². The highest BCUT2D eigenvalue weighted by atomic mass is 16.4. The van der Waals surface area contributed by atoms with Crippen LogP contribution in [0.25, 0.3) is 0 Å². The zero-order valence-electron chi connectivity index (χ0n) is 11.4. The fraction of sp³-hybridized carbons (Fsp3) is 0.929. The second-order valence-electron chi connectivity index (χ2n) is 6.00. The third-order valence-corrected chi connectivity index (χ3v) is 5.05. The molecule has 0 bridgehead atoms. The Morgan fingerprint density at radius 2 is 2.00 bits per heavy atom. The smallest absolute Gasteiger partial charge is 0.321 e. The first-order chi connectivity index (χ1) is 8.50. The number of aliphatic carboxylic acids is 1. The lowest BCUT2D eigenvalue weighted by Gasteiger charge is -2.33. The SMILES string of the molecule is CCC(O)(CC)CN1CC2CCCC2C1C(=O)O. The number of rotatable bonds is 5. The lowest BCUT2D eigenvalue weighted by molar-refractivity contribution is -0.144. The molecule has 4 heteroatoms. The molecule has 0 aromatic rings. The van der Waals surface area contributed by atoms with E-state index in [1.807, 2.05) is 18.7 Å². The molecule has 1 aliphatic heterocycles. The van der Waals surface area contributed by atoms with E-state index in [1.54, 1.807) is 0 Å². The maximum absolute atomic E-state index is 11.5. The Balaban J connectivity index is 2.10. The quantitative estimate of drug-likeness (QED) is 0.785. The highest BCUT2D eigenvalue weighted by Crippen LogP contribution is 2.42. The highest BCUT2D eigenvalue weighted by Gasteiger charge is 2.49.